The Kier molecular flexibility index (Phi) is 3.99. The van der Waals surface area contributed by atoms with Crippen molar-refractivity contribution in [2.45, 2.75) is 12.2 Å². The molecule has 5 nitrogen and oxygen atoms in total. The van der Waals surface area contributed by atoms with E-state index >= 15 is 0 Å². The van der Waals surface area contributed by atoms with E-state index < -0.39 is 0 Å². The zero-order valence-electron chi connectivity index (χ0n) is 10.1. The van der Waals surface area contributed by atoms with E-state index in [1.54, 1.807) is 13.3 Å². The van der Waals surface area contributed by atoms with Crippen LogP contribution in [0.4, 0.5) is 0 Å². The Labute approximate surface area is 109 Å². The lowest BCUT2D eigenvalue weighted by molar-refractivity contribution is -0.118. The van der Waals surface area contributed by atoms with Gasteiger partial charge in [-0.25, -0.2) is 0 Å². The van der Waals surface area contributed by atoms with Crippen LogP contribution in [0.5, 0.6) is 5.75 Å². The molecule has 94 valence electrons. The van der Waals surface area contributed by atoms with Crippen molar-refractivity contribution in [3.8, 4) is 5.75 Å². The number of hydrogen-bond donors (Lipinski definition) is 1. The molecule has 1 aromatic rings. The van der Waals surface area contributed by atoms with Gasteiger partial charge in [0.2, 0.25) is 5.91 Å². The van der Waals surface area contributed by atoms with Gasteiger partial charge in [-0.1, -0.05) is 11.8 Å². The standard InChI is InChI=1S/C12H13N3O2S/c1-8-11(16)14-12(18-8)15-13-7-9-3-5-10(17-2)6-4-9/h3-8H,1-2H3,(H,14,15,16)/b13-7-. The van der Waals surface area contributed by atoms with Gasteiger partial charge in [-0.3, -0.25) is 4.79 Å². The minimum absolute atomic E-state index is 0.0293. The zero-order chi connectivity index (χ0) is 13.0. The lowest BCUT2D eigenvalue weighted by atomic mass is 10.2. The molecule has 1 N–H and O–H groups in total. The fourth-order valence-corrected chi connectivity index (χ4v) is 2.10. The number of rotatable bonds is 3. The van der Waals surface area contributed by atoms with Crippen molar-refractivity contribution >= 4 is 29.1 Å². The van der Waals surface area contributed by atoms with Crippen molar-refractivity contribution in [3.63, 3.8) is 0 Å². The second kappa shape index (κ2) is 5.68. The maximum atomic E-state index is 11.2. The van der Waals surface area contributed by atoms with Crippen LogP contribution in [0.1, 0.15) is 12.5 Å². The number of thioether (sulfide) groups is 1. The highest BCUT2D eigenvalue weighted by molar-refractivity contribution is 8.15. The summed E-state index contributed by atoms with van der Waals surface area (Å²) in [5.41, 5.74) is 0.919. The fraction of sp³-hybridized carbons (Fsp3) is 0.250. The summed E-state index contributed by atoms with van der Waals surface area (Å²) in [6.07, 6.45) is 1.63. The smallest absolute Gasteiger partial charge is 0.239 e. The van der Waals surface area contributed by atoms with Gasteiger partial charge in [0.05, 0.1) is 18.6 Å². The van der Waals surface area contributed by atoms with E-state index in [-0.39, 0.29) is 11.2 Å². The van der Waals surface area contributed by atoms with E-state index in [1.807, 2.05) is 31.2 Å². The van der Waals surface area contributed by atoms with E-state index in [1.165, 1.54) is 11.8 Å². The number of amides is 1. The molecule has 1 unspecified atom stereocenters. The van der Waals surface area contributed by atoms with Crippen molar-refractivity contribution in [2.75, 3.05) is 7.11 Å². The van der Waals surface area contributed by atoms with Gasteiger partial charge in [-0.2, -0.15) is 5.10 Å². The Morgan fingerprint density at radius 3 is 2.67 bits per heavy atom. The van der Waals surface area contributed by atoms with Crippen LogP contribution in [-0.2, 0) is 4.79 Å². The molecule has 1 aliphatic heterocycles. The van der Waals surface area contributed by atoms with Crippen molar-refractivity contribution in [1.82, 2.24) is 5.32 Å². The maximum absolute atomic E-state index is 11.2. The second-order valence-corrected chi connectivity index (χ2v) is 5.00. The van der Waals surface area contributed by atoms with Gasteiger partial charge in [0, 0.05) is 0 Å². The topological polar surface area (TPSA) is 63.1 Å². The van der Waals surface area contributed by atoms with E-state index in [0.717, 1.165) is 11.3 Å². The fourth-order valence-electron chi connectivity index (χ4n) is 1.34. The van der Waals surface area contributed by atoms with Crippen LogP contribution >= 0.6 is 11.8 Å². The average Bonchev–Trinajstić information content (AvgIpc) is 2.69. The summed E-state index contributed by atoms with van der Waals surface area (Å²) in [7, 11) is 1.62. The molecule has 0 aliphatic carbocycles. The SMILES string of the molecule is COc1ccc(/C=N\N=C2/NC(=O)C(C)S2)cc1. The van der Waals surface area contributed by atoms with Gasteiger partial charge in [-0.15, -0.1) is 5.10 Å². The highest BCUT2D eigenvalue weighted by atomic mass is 32.2. The second-order valence-electron chi connectivity index (χ2n) is 3.67. The molecule has 1 atom stereocenters. The molecule has 0 bridgehead atoms. The molecule has 1 saturated heterocycles. The van der Waals surface area contributed by atoms with Crippen molar-refractivity contribution in [1.29, 1.82) is 0 Å². The number of amidine groups is 1. The summed E-state index contributed by atoms with van der Waals surface area (Å²) < 4.78 is 5.06. The number of hydrogen-bond acceptors (Lipinski definition) is 5. The number of carbonyl (C=O) groups excluding carboxylic acids is 1. The van der Waals surface area contributed by atoms with Gasteiger partial charge in [-0.05, 0) is 36.8 Å². The number of carbonyl (C=O) groups is 1. The summed E-state index contributed by atoms with van der Waals surface area (Å²) in [5.74, 6) is 0.768. The molecule has 1 fully saturated rings. The van der Waals surface area contributed by atoms with Crippen LogP contribution in [0.2, 0.25) is 0 Å². The summed E-state index contributed by atoms with van der Waals surface area (Å²) in [4.78, 5) is 11.2. The number of methoxy groups -OCH3 is 1. The van der Waals surface area contributed by atoms with Gasteiger partial charge in [0.1, 0.15) is 5.75 Å². The normalized spacial score (nSPS) is 21.6. The molecule has 6 heteroatoms. The van der Waals surface area contributed by atoms with Crippen LogP contribution in [-0.4, -0.2) is 29.6 Å². The Hall–Kier alpha value is -1.82. The van der Waals surface area contributed by atoms with Gasteiger partial charge in [0.25, 0.3) is 0 Å². The summed E-state index contributed by atoms with van der Waals surface area (Å²) in [5, 5.41) is 11.0. The quantitative estimate of drug-likeness (QED) is 0.666. The third-order valence-electron chi connectivity index (χ3n) is 2.36. The molecular formula is C12H13N3O2S. The first-order valence-corrected chi connectivity index (χ1v) is 6.29. The van der Waals surface area contributed by atoms with Crippen LogP contribution in [0.15, 0.2) is 34.5 Å². The first kappa shape index (κ1) is 12.6. The van der Waals surface area contributed by atoms with Crippen LogP contribution in [0.25, 0.3) is 0 Å². The molecule has 18 heavy (non-hydrogen) atoms. The van der Waals surface area contributed by atoms with Crippen molar-refractivity contribution in [3.05, 3.63) is 29.8 Å². The summed E-state index contributed by atoms with van der Waals surface area (Å²) >= 11 is 1.37. The molecular weight excluding hydrogens is 250 g/mol. The summed E-state index contributed by atoms with van der Waals surface area (Å²) in [6.45, 7) is 1.83. The van der Waals surface area contributed by atoms with Crippen LogP contribution in [0, 0.1) is 0 Å². The Balaban J connectivity index is 1.99. The average molecular weight is 263 g/mol. The number of ether oxygens (including phenoxy) is 1. The molecule has 0 aromatic heterocycles. The van der Waals surface area contributed by atoms with E-state index in [2.05, 4.69) is 15.5 Å². The third kappa shape index (κ3) is 3.10. The number of nitrogens with zero attached hydrogens (tertiary/aromatic N) is 2. The van der Waals surface area contributed by atoms with Crippen LogP contribution in [0.3, 0.4) is 0 Å². The largest absolute Gasteiger partial charge is 0.497 e. The Morgan fingerprint density at radius 2 is 2.11 bits per heavy atom. The predicted molar refractivity (Wildman–Crippen MR) is 73.2 cm³/mol. The highest BCUT2D eigenvalue weighted by Gasteiger charge is 2.25. The Bertz CT molecular complexity index is 497. The zero-order valence-corrected chi connectivity index (χ0v) is 10.9. The molecule has 1 amide bonds. The molecule has 0 radical (unpaired) electrons. The lowest BCUT2D eigenvalue weighted by Crippen LogP contribution is -2.23. The molecule has 1 heterocycles. The van der Waals surface area contributed by atoms with Gasteiger partial charge < -0.3 is 10.1 Å². The first-order valence-electron chi connectivity index (χ1n) is 5.41. The summed E-state index contributed by atoms with van der Waals surface area (Å²) in [6, 6.07) is 7.46. The first-order chi connectivity index (χ1) is 8.69. The third-order valence-corrected chi connectivity index (χ3v) is 3.33. The minimum Gasteiger partial charge on any atom is -0.497 e. The monoisotopic (exact) mass is 263 g/mol. The molecule has 0 spiro atoms. The van der Waals surface area contributed by atoms with Gasteiger partial charge >= 0.3 is 0 Å². The maximum Gasteiger partial charge on any atom is 0.239 e. The van der Waals surface area contributed by atoms with E-state index in [9.17, 15) is 4.79 Å². The predicted octanol–water partition coefficient (Wildman–Crippen LogP) is 1.64. The molecule has 2 rings (SSSR count). The van der Waals surface area contributed by atoms with E-state index in [4.69, 9.17) is 4.74 Å². The molecule has 0 saturated carbocycles. The lowest BCUT2D eigenvalue weighted by Gasteiger charge is -1.98. The van der Waals surface area contributed by atoms with Crippen LogP contribution < -0.4 is 10.1 Å². The van der Waals surface area contributed by atoms with Gasteiger partial charge in [0.15, 0.2) is 5.17 Å². The van der Waals surface area contributed by atoms with Crippen molar-refractivity contribution < 1.29 is 9.53 Å². The van der Waals surface area contributed by atoms with Crippen molar-refractivity contribution in [2.24, 2.45) is 10.2 Å². The highest BCUT2D eigenvalue weighted by Crippen LogP contribution is 2.18. The minimum atomic E-state index is -0.0973. The Morgan fingerprint density at radius 1 is 1.39 bits per heavy atom. The number of benzene rings is 1. The molecule has 1 aromatic carbocycles. The van der Waals surface area contributed by atoms with E-state index in [0.29, 0.717) is 5.17 Å². The number of nitrogens with one attached hydrogen (secondary N) is 1. The molecule has 1 aliphatic rings.